The van der Waals surface area contributed by atoms with E-state index in [2.05, 4.69) is 17.5 Å². The lowest BCUT2D eigenvalue weighted by molar-refractivity contribution is 0.0785. The van der Waals surface area contributed by atoms with Crippen LogP contribution in [0.5, 0.6) is 0 Å². The quantitative estimate of drug-likeness (QED) is 0.378. The molecule has 0 aliphatic rings. The summed E-state index contributed by atoms with van der Waals surface area (Å²) in [6, 6.07) is 23.3. The van der Waals surface area contributed by atoms with Crippen LogP contribution in [0.4, 0.5) is 0 Å². The monoisotopic (exact) mass is 446 g/mol. The Morgan fingerprint density at radius 2 is 1.61 bits per heavy atom. The van der Waals surface area contributed by atoms with Crippen LogP contribution in [0.1, 0.15) is 31.8 Å². The average molecular weight is 447 g/mol. The third kappa shape index (κ3) is 4.98. The maximum absolute atomic E-state index is 12.9. The first-order valence-corrected chi connectivity index (χ1v) is 11.7. The van der Waals surface area contributed by atoms with Crippen molar-refractivity contribution < 1.29 is 9.59 Å². The van der Waals surface area contributed by atoms with Crippen molar-refractivity contribution in [1.82, 2.24) is 4.90 Å². The van der Waals surface area contributed by atoms with Gasteiger partial charge >= 0.3 is 0 Å². The van der Waals surface area contributed by atoms with Gasteiger partial charge in [0.2, 0.25) is 5.91 Å². The third-order valence-electron chi connectivity index (χ3n) is 5.06. The number of thiophene rings is 1. The highest BCUT2D eigenvalue weighted by Crippen LogP contribution is 2.27. The van der Waals surface area contributed by atoms with E-state index in [4.69, 9.17) is 5.73 Å². The minimum Gasteiger partial charge on any atom is -0.366 e. The Morgan fingerprint density at radius 3 is 2.32 bits per heavy atom. The lowest BCUT2D eigenvalue weighted by Crippen LogP contribution is -2.26. The zero-order chi connectivity index (χ0) is 21.8. The van der Waals surface area contributed by atoms with Crippen molar-refractivity contribution in [3.05, 3.63) is 100 Å². The fourth-order valence-electron chi connectivity index (χ4n) is 3.33. The minimum atomic E-state index is -0.420. The van der Waals surface area contributed by atoms with Gasteiger partial charge in [0.25, 0.3) is 5.91 Å². The number of primary amides is 1. The van der Waals surface area contributed by atoms with Crippen molar-refractivity contribution in [2.75, 3.05) is 7.05 Å². The van der Waals surface area contributed by atoms with Crippen LogP contribution in [0.3, 0.4) is 0 Å². The van der Waals surface area contributed by atoms with Crippen LogP contribution < -0.4 is 5.73 Å². The van der Waals surface area contributed by atoms with Crippen LogP contribution in [-0.4, -0.2) is 23.8 Å². The summed E-state index contributed by atoms with van der Waals surface area (Å²) in [5, 5.41) is 3.34. The molecule has 0 saturated carbocycles. The number of nitrogens with two attached hydrogens (primary N) is 1. The first-order chi connectivity index (χ1) is 15.0. The fraction of sp³-hybridized carbons (Fsp3) is 0.120. The second-order valence-corrected chi connectivity index (χ2v) is 9.25. The van der Waals surface area contributed by atoms with Crippen molar-refractivity contribution in [2.24, 2.45) is 5.73 Å². The summed E-state index contributed by atoms with van der Waals surface area (Å²) in [5.41, 5.74) is 8.75. The Bertz CT molecular complexity index is 1210. The van der Waals surface area contributed by atoms with Gasteiger partial charge in [0.15, 0.2) is 0 Å². The molecule has 0 aliphatic carbocycles. The van der Waals surface area contributed by atoms with E-state index in [0.717, 1.165) is 16.2 Å². The van der Waals surface area contributed by atoms with Crippen molar-refractivity contribution in [3.63, 3.8) is 0 Å². The molecule has 2 amide bonds. The van der Waals surface area contributed by atoms with Crippen LogP contribution in [-0.2, 0) is 12.3 Å². The van der Waals surface area contributed by atoms with Crippen LogP contribution >= 0.6 is 23.1 Å². The topological polar surface area (TPSA) is 63.4 Å². The molecule has 0 atom stereocenters. The van der Waals surface area contributed by atoms with E-state index in [1.807, 2.05) is 55.6 Å². The normalized spacial score (nSPS) is 10.9. The molecule has 6 heteroatoms. The standard InChI is InChI=1S/C25H22N2O2S2/c1-27(14-20-16-31-23-5-3-2-4-22(20)23)25(29)19-10-12-21(13-11-19)30-15-17-6-8-18(9-7-17)24(26)28/h2-13,16H,14-15H2,1H3,(H2,26,28). The third-order valence-corrected chi connectivity index (χ3v) is 7.16. The van der Waals surface area contributed by atoms with Crippen LogP contribution in [0, 0.1) is 0 Å². The summed E-state index contributed by atoms with van der Waals surface area (Å²) in [6.07, 6.45) is 0. The summed E-state index contributed by atoms with van der Waals surface area (Å²) in [4.78, 5) is 26.9. The fourth-order valence-corrected chi connectivity index (χ4v) is 5.14. The largest absolute Gasteiger partial charge is 0.366 e. The molecule has 4 nitrogen and oxygen atoms in total. The molecule has 156 valence electrons. The first kappa shape index (κ1) is 21.2. The van der Waals surface area contributed by atoms with E-state index < -0.39 is 5.91 Å². The van der Waals surface area contributed by atoms with Crippen molar-refractivity contribution in [3.8, 4) is 0 Å². The zero-order valence-corrected chi connectivity index (χ0v) is 18.7. The van der Waals surface area contributed by atoms with Crippen LogP contribution in [0.25, 0.3) is 10.1 Å². The summed E-state index contributed by atoms with van der Waals surface area (Å²) < 4.78 is 1.24. The maximum Gasteiger partial charge on any atom is 0.253 e. The van der Waals surface area contributed by atoms with Gasteiger partial charge in [-0.1, -0.05) is 30.3 Å². The molecule has 31 heavy (non-hydrogen) atoms. The summed E-state index contributed by atoms with van der Waals surface area (Å²) in [5.74, 6) is 0.364. The molecule has 0 fully saturated rings. The number of rotatable bonds is 7. The second-order valence-electron chi connectivity index (χ2n) is 7.29. The van der Waals surface area contributed by atoms with Crippen molar-refractivity contribution >= 4 is 45.0 Å². The highest BCUT2D eigenvalue weighted by Gasteiger charge is 2.14. The molecule has 0 aliphatic heterocycles. The summed E-state index contributed by atoms with van der Waals surface area (Å²) in [6.45, 7) is 0.584. The number of hydrogen-bond donors (Lipinski definition) is 1. The molecule has 0 saturated heterocycles. The number of amides is 2. The van der Waals surface area contributed by atoms with Gasteiger partial charge in [0, 0.05) is 40.1 Å². The molecule has 4 rings (SSSR count). The van der Waals surface area contributed by atoms with E-state index in [0.29, 0.717) is 17.7 Å². The zero-order valence-electron chi connectivity index (χ0n) is 17.1. The maximum atomic E-state index is 12.9. The van der Waals surface area contributed by atoms with Gasteiger partial charge in [-0.15, -0.1) is 23.1 Å². The van der Waals surface area contributed by atoms with Gasteiger partial charge < -0.3 is 10.6 Å². The van der Waals surface area contributed by atoms with E-state index in [1.54, 1.807) is 40.1 Å². The number of thioether (sulfide) groups is 1. The summed E-state index contributed by atoms with van der Waals surface area (Å²) >= 11 is 3.39. The summed E-state index contributed by atoms with van der Waals surface area (Å²) in [7, 11) is 1.84. The molecule has 2 N–H and O–H groups in total. The Morgan fingerprint density at radius 1 is 0.935 bits per heavy atom. The highest BCUT2D eigenvalue weighted by atomic mass is 32.2. The Kier molecular flexibility index (Phi) is 6.39. The number of fused-ring (bicyclic) bond motifs is 1. The molecular weight excluding hydrogens is 424 g/mol. The number of carbonyl (C=O) groups excluding carboxylic acids is 2. The first-order valence-electron chi connectivity index (χ1n) is 9.83. The number of hydrogen-bond acceptors (Lipinski definition) is 4. The van der Waals surface area contributed by atoms with Crippen molar-refractivity contribution in [1.29, 1.82) is 0 Å². The molecule has 0 radical (unpaired) electrons. The smallest absolute Gasteiger partial charge is 0.253 e. The minimum absolute atomic E-state index is 0.00821. The predicted molar refractivity (Wildman–Crippen MR) is 129 cm³/mol. The van der Waals surface area contributed by atoms with Crippen molar-refractivity contribution in [2.45, 2.75) is 17.2 Å². The molecule has 4 aromatic rings. The van der Waals surface area contributed by atoms with Crippen LogP contribution in [0.2, 0.25) is 0 Å². The van der Waals surface area contributed by atoms with Gasteiger partial charge in [-0.25, -0.2) is 0 Å². The second kappa shape index (κ2) is 9.37. The van der Waals surface area contributed by atoms with Gasteiger partial charge in [-0.05, 0) is 64.4 Å². The Hall–Kier alpha value is -3.09. The van der Waals surface area contributed by atoms with Crippen LogP contribution in [0.15, 0.2) is 83.1 Å². The van der Waals surface area contributed by atoms with E-state index >= 15 is 0 Å². The lowest BCUT2D eigenvalue weighted by Gasteiger charge is -2.17. The lowest BCUT2D eigenvalue weighted by atomic mass is 10.1. The van der Waals surface area contributed by atoms with E-state index in [1.165, 1.54) is 15.6 Å². The Balaban J connectivity index is 1.36. The molecule has 0 spiro atoms. The predicted octanol–water partition coefficient (Wildman–Crippen LogP) is 5.56. The molecule has 3 aromatic carbocycles. The van der Waals surface area contributed by atoms with E-state index in [9.17, 15) is 9.59 Å². The van der Waals surface area contributed by atoms with Gasteiger partial charge in [-0.3, -0.25) is 9.59 Å². The Labute approximate surface area is 189 Å². The molecule has 1 heterocycles. The number of nitrogens with zero attached hydrogens (tertiary/aromatic N) is 1. The van der Waals surface area contributed by atoms with Gasteiger partial charge in [0.05, 0.1) is 0 Å². The molecule has 0 unspecified atom stereocenters. The van der Waals surface area contributed by atoms with Gasteiger partial charge in [-0.2, -0.15) is 0 Å². The number of carbonyl (C=O) groups is 2. The van der Waals surface area contributed by atoms with E-state index in [-0.39, 0.29) is 5.91 Å². The highest BCUT2D eigenvalue weighted by molar-refractivity contribution is 7.98. The molecule has 0 bridgehead atoms. The SMILES string of the molecule is CN(Cc1csc2ccccc12)C(=O)c1ccc(SCc2ccc(C(N)=O)cc2)cc1. The number of benzene rings is 3. The molecular formula is C25H22N2O2S2. The van der Waals surface area contributed by atoms with Gasteiger partial charge in [0.1, 0.15) is 0 Å². The molecule has 1 aromatic heterocycles. The average Bonchev–Trinajstić information content (AvgIpc) is 3.20.